The Kier molecular flexibility index (Phi) is 4.72. The van der Waals surface area contributed by atoms with E-state index in [9.17, 15) is 9.59 Å². The zero-order valence-corrected chi connectivity index (χ0v) is 7.90. The molecule has 1 N–H and O–H groups in total. The summed E-state index contributed by atoms with van der Waals surface area (Å²) in [7, 11) is 0. The van der Waals surface area contributed by atoms with Gasteiger partial charge >= 0.3 is 5.97 Å². The van der Waals surface area contributed by atoms with E-state index in [0.717, 1.165) is 6.92 Å². The number of oxime groups is 1. The Morgan fingerprint density at radius 1 is 1.46 bits per heavy atom. The summed E-state index contributed by atoms with van der Waals surface area (Å²) in [6.07, 6.45) is 0. The fourth-order valence-electron chi connectivity index (χ4n) is 0.505. The maximum atomic E-state index is 10.7. The highest BCUT2D eigenvalue weighted by atomic mass is 16.6. The zero-order valence-electron chi connectivity index (χ0n) is 7.90. The van der Waals surface area contributed by atoms with Crippen LogP contribution in [0.1, 0.15) is 20.8 Å². The molecule has 0 heterocycles. The minimum atomic E-state index is -1.36. The molecule has 0 amide bonds. The molecular formula is C8H13NO4. The molecule has 0 saturated carbocycles. The first-order valence-corrected chi connectivity index (χ1v) is 3.89. The Balaban J connectivity index is 4.22. The zero-order chi connectivity index (χ0) is 10.4. The van der Waals surface area contributed by atoms with E-state index < -0.39 is 17.5 Å². The highest BCUT2D eigenvalue weighted by Gasteiger charge is 2.15. The topological polar surface area (TPSA) is 76.0 Å². The van der Waals surface area contributed by atoms with Crippen molar-refractivity contribution in [2.75, 3.05) is 6.61 Å². The van der Waals surface area contributed by atoms with Gasteiger partial charge in [-0.3, -0.25) is 4.79 Å². The van der Waals surface area contributed by atoms with E-state index in [0.29, 0.717) is 6.61 Å². The van der Waals surface area contributed by atoms with Crippen LogP contribution in [0.5, 0.6) is 0 Å². The molecule has 0 rings (SSSR count). The summed E-state index contributed by atoms with van der Waals surface area (Å²) in [5, 5.41) is 11.7. The van der Waals surface area contributed by atoms with Gasteiger partial charge in [0.1, 0.15) is 6.61 Å². The lowest BCUT2D eigenvalue weighted by Gasteiger charge is -2.02. The summed E-state index contributed by atoms with van der Waals surface area (Å²) in [5.74, 6) is -1.74. The molecule has 0 aliphatic rings. The standard InChI is InChI=1S/C8H13NO4/c1-5(2)4-13-9-7(6(3)10)8(11)12/h5H,4H2,1-3H3,(H,11,12). The number of Topliss-reactive ketones (excluding diaryl/α,β-unsaturated/α-hetero) is 1. The molecule has 0 bridgehead atoms. The highest BCUT2D eigenvalue weighted by molar-refractivity contribution is 6.63. The van der Waals surface area contributed by atoms with E-state index in [1.54, 1.807) is 0 Å². The average Bonchev–Trinajstić information content (AvgIpc) is 1.95. The molecule has 5 nitrogen and oxygen atoms in total. The fraction of sp³-hybridized carbons (Fsp3) is 0.625. The highest BCUT2D eigenvalue weighted by Crippen LogP contribution is 1.93. The van der Waals surface area contributed by atoms with Gasteiger partial charge in [0, 0.05) is 6.92 Å². The van der Waals surface area contributed by atoms with Crippen molar-refractivity contribution >= 4 is 17.5 Å². The molecule has 13 heavy (non-hydrogen) atoms. The van der Waals surface area contributed by atoms with Gasteiger partial charge in [-0.15, -0.1) is 0 Å². The molecule has 0 saturated heterocycles. The molecular weight excluding hydrogens is 174 g/mol. The summed E-state index contributed by atoms with van der Waals surface area (Å²) >= 11 is 0. The van der Waals surface area contributed by atoms with Crippen molar-refractivity contribution in [3.05, 3.63) is 0 Å². The lowest BCUT2D eigenvalue weighted by molar-refractivity contribution is -0.130. The second-order valence-corrected chi connectivity index (χ2v) is 2.99. The average molecular weight is 187 g/mol. The molecule has 5 heteroatoms. The van der Waals surface area contributed by atoms with Gasteiger partial charge in [0.25, 0.3) is 0 Å². The third-order valence-electron chi connectivity index (χ3n) is 1.10. The SMILES string of the molecule is CC(=O)C(=NOCC(C)C)C(=O)O. The molecule has 0 aliphatic carbocycles. The number of carbonyl (C=O) groups excluding carboxylic acids is 1. The van der Waals surface area contributed by atoms with Crippen LogP contribution in [0, 0.1) is 5.92 Å². The van der Waals surface area contributed by atoms with E-state index in [4.69, 9.17) is 5.11 Å². The minimum Gasteiger partial charge on any atom is -0.476 e. The Labute approximate surface area is 76.4 Å². The van der Waals surface area contributed by atoms with Crippen molar-refractivity contribution in [1.29, 1.82) is 0 Å². The summed E-state index contributed by atoms with van der Waals surface area (Å²) in [6, 6.07) is 0. The lowest BCUT2D eigenvalue weighted by Crippen LogP contribution is -2.21. The van der Waals surface area contributed by atoms with E-state index in [1.165, 1.54) is 0 Å². The van der Waals surface area contributed by atoms with Crippen molar-refractivity contribution < 1.29 is 19.5 Å². The van der Waals surface area contributed by atoms with Crippen molar-refractivity contribution in [2.45, 2.75) is 20.8 Å². The number of carboxylic acid groups (broad SMARTS) is 1. The summed E-state index contributed by atoms with van der Waals surface area (Å²) in [4.78, 5) is 25.7. The van der Waals surface area contributed by atoms with Crippen LogP contribution in [0.4, 0.5) is 0 Å². The first-order valence-electron chi connectivity index (χ1n) is 3.89. The first-order chi connectivity index (χ1) is 5.95. The van der Waals surface area contributed by atoms with Crippen LogP contribution in [-0.4, -0.2) is 29.2 Å². The molecule has 0 aliphatic heterocycles. The van der Waals surface area contributed by atoms with Crippen LogP contribution < -0.4 is 0 Å². The summed E-state index contributed by atoms with van der Waals surface area (Å²) in [6.45, 7) is 5.21. The number of hydrogen-bond acceptors (Lipinski definition) is 4. The smallest absolute Gasteiger partial charge is 0.361 e. The van der Waals surface area contributed by atoms with Gasteiger partial charge in [-0.05, 0) is 5.92 Å². The molecule has 0 spiro atoms. The quantitative estimate of drug-likeness (QED) is 0.390. The number of carboxylic acids is 1. The summed E-state index contributed by atoms with van der Waals surface area (Å²) < 4.78 is 0. The van der Waals surface area contributed by atoms with E-state index in [2.05, 4.69) is 9.99 Å². The van der Waals surface area contributed by atoms with Gasteiger partial charge in [-0.1, -0.05) is 19.0 Å². The van der Waals surface area contributed by atoms with Crippen molar-refractivity contribution in [3.8, 4) is 0 Å². The second-order valence-electron chi connectivity index (χ2n) is 2.99. The van der Waals surface area contributed by atoms with Crippen molar-refractivity contribution in [2.24, 2.45) is 11.1 Å². The number of carbonyl (C=O) groups is 2. The van der Waals surface area contributed by atoms with Gasteiger partial charge in [0.2, 0.25) is 5.71 Å². The third kappa shape index (κ3) is 4.95. The predicted molar refractivity (Wildman–Crippen MR) is 46.5 cm³/mol. The van der Waals surface area contributed by atoms with E-state index in [-0.39, 0.29) is 5.92 Å². The van der Waals surface area contributed by atoms with Crippen LogP contribution >= 0.6 is 0 Å². The maximum Gasteiger partial charge on any atom is 0.361 e. The van der Waals surface area contributed by atoms with E-state index in [1.807, 2.05) is 13.8 Å². The number of ketones is 1. The number of rotatable bonds is 5. The van der Waals surface area contributed by atoms with Gasteiger partial charge in [-0.25, -0.2) is 4.79 Å². The summed E-state index contributed by atoms with van der Waals surface area (Å²) in [5.41, 5.74) is -0.569. The van der Waals surface area contributed by atoms with Crippen molar-refractivity contribution in [1.82, 2.24) is 0 Å². The van der Waals surface area contributed by atoms with Crippen LogP contribution in [0.25, 0.3) is 0 Å². The van der Waals surface area contributed by atoms with E-state index >= 15 is 0 Å². The second kappa shape index (κ2) is 5.29. The lowest BCUT2D eigenvalue weighted by atomic mass is 10.2. The van der Waals surface area contributed by atoms with Gasteiger partial charge in [0.05, 0.1) is 0 Å². The molecule has 0 unspecified atom stereocenters. The molecule has 0 aromatic rings. The molecule has 74 valence electrons. The Bertz CT molecular complexity index is 216. The Hall–Kier alpha value is -1.39. The van der Waals surface area contributed by atoms with Crippen LogP contribution in [0.15, 0.2) is 5.16 Å². The minimum absolute atomic E-state index is 0.241. The largest absolute Gasteiger partial charge is 0.476 e. The third-order valence-corrected chi connectivity index (χ3v) is 1.10. The molecule has 0 aromatic heterocycles. The molecule has 0 aromatic carbocycles. The monoisotopic (exact) mass is 187 g/mol. The van der Waals surface area contributed by atoms with Gasteiger partial charge in [-0.2, -0.15) is 0 Å². The van der Waals surface area contributed by atoms with Gasteiger partial charge in [0.15, 0.2) is 5.78 Å². The molecule has 0 fully saturated rings. The van der Waals surface area contributed by atoms with Crippen LogP contribution in [-0.2, 0) is 14.4 Å². The number of aliphatic carboxylic acids is 1. The Morgan fingerprint density at radius 3 is 2.31 bits per heavy atom. The first kappa shape index (κ1) is 11.6. The van der Waals surface area contributed by atoms with Crippen LogP contribution in [0.2, 0.25) is 0 Å². The predicted octanol–water partition coefficient (Wildman–Crippen LogP) is 0.689. The Morgan fingerprint density at radius 2 is 2.00 bits per heavy atom. The number of hydrogen-bond donors (Lipinski definition) is 1. The molecule has 0 radical (unpaired) electrons. The normalized spacial score (nSPS) is 11.5. The fourth-order valence-corrected chi connectivity index (χ4v) is 0.505. The van der Waals surface area contributed by atoms with Gasteiger partial charge < -0.3 is 9.94 Å². The maximum absolute atomic E-state index is 10.7. The number of nitrogens with zero attached hydrogens (tertiary/aromatic N) is 1. The molecule has 0 atom stereocenters. The van der Waals surface area contributed by atoms with Crippen LogP contribution in [0.3, 0.4) is 0 Å². The van der Waals surface area contributed by atoms with Crippen molar-refractivity contribution in [3.63, 3.8) is 0 Å².